The summed E-state index contributed by atoms with van der Waals surface area (Å²) in [6.07, 6.45) is 14.4. The predicted molar refractivity (Wildman–Crippen MR) is 206 cm³/mol. The van der Waals surface area contributed by atoms with Crippen molar-refractivity contribution in [3.05, 3.63) is 69.0 Å². The molecule has 2 heterocycles. The first-order valence-corrected chi connectivity index (χ1v) is 21.6. The molecule has 5 atom stereocenters. The van der Waals surface area contributed by atoms with Crippen molar-refractivity contribution < 1.29 is 37.7 Å². The van der Waals surface area contributed by atoms with Gasteiger partial charge in [0.25, 0.3) is 5.56 Å². The van der Waals surface area contributed by atoms with Crippen LogP contribution in [-0.2, 0) is 41.7 Å². The Morgan fingerprint density at radius 1 is 0.887 bits per heavy atom. The standard InChI is InChI=1S/C37H59N4O10PS/c1-3-4-5-6-7-8-9-10-11-12-13-14-18-24-38-35(43)39-25-19-22-30-33(51-52(46,53)47-2)31(50-34(30)41-26-23-32(42)40-36(41)44)28-49-37(45)48-27-29-20-16-15-17-21-29/h15-17,20-21,23,26,30-31,33-34H,3-14,18-19,22,24-25,27-28H2,1-2H3,(H,46,53)(H2,38,39,43)(H,40,42,44)/t30?,31-,33-,34-,52?/m1/s1. The second kappa shape index (κ2) is 25.1. The molecule has 53 heavy (non-hydrogen) atoms. The molecule has 0 radical (unpaired) electrons. The molecule has 0 saturated carbocycles. The van der Waals surface area contributed by atoms with E-state index in [0.717, 1.165) is 24.8 Å². The summed E-state index contributed by atoms with van der Waals surface area (Å²) in [5, 5.41) is 5.76. The average Bonchev–Trinajstić information content (AvgIpc) is 3.47. The lowest BCUT2D eigenvalue weighted by molar-refractivity contribution is -0.0595. The highest BCUT2D eigenvalue weighted by Crippen LogP contribution is 2.50. The van der Waals surface area contributed by atoms with Crippen molar-refractivity contribution in [2.45, 2.75) is 128 Å². The molecule has 1 fully saturated rings. The van der Waals surface area contributed by atoms with Crippen molar-refractivity contribution in [2.24, 2.45) is 5.92 Å². The van der Waals surface area contributed by atoms with Crippen LogP contribution in [0, 0.1) is 5.92 Å². The number of unbranched alkanes of at least 4 members (excludes halogenated alkanes) is 12. The Balaban J connectivity index is 1.47. The van der Waals surface area contributed by atoms with E-state index in [4.69, 9.17) is 35.1 Å². The first-order chi connectivity index (χ1) is 25.6. The van der Waals surface area contributed by atoms with Crippen LogP contribution in [0.1, 0.15) is 115 Å². The fourth-order valence-electron chi connectivity index (χ4n) is 6.33. The van der Waals surface area contributed by atoms with Gasteiger partial charge in [-0.2, -0.15) is 0 Å². The van der Waals surface area contributed by atoms with E-state index in [-0.39, 0.29) is 19.2 Å². The van der Waals surface area contributed by atoms with Gasteiger partial charge in [-0.1, -0.05) is 114 Å². The van der Waals surface area contributed by atoms with Crippen molar-refractivity contribution in [2.75, 3.05) is 26.8 Å². The van der Waals surface area contributed by atoms with Crippen LogP contribution in [0.5, 0.6) is 0 Å². The number of benzene rings is 1. The first kappa shape index (κ1) is 44.3. The molecule has 1 aliphatic rings. The zero-order valence-corrected chi connectivity index (χ0v) is 32.9. The topological polar surface area (TPSA) is 179 Å². The van der Waals surface area contributed by atoms with E-state index in [2.05, 4.69) is 22.5 Å². The van der Waals surface area contributed by atoms with Gasteiger partial charge in [-0.3, -0.25) is 14.3 Å². The summed E-state index contributed by atoms with van der Waals surface area (Å²) in [5.74, 6) is -0.646. The number of carbonyl (C=O) groups excluding carboxylic acids is 2. The predicted octanol–water partition coefficient (Wildman–Crippen LogP) is 6.82. The maximum Gasteiger partial charge on any atom is 0.508 e. The normalized spacial score (nSPS) is 19.4. The molecular formula is C37H59N4O10PS. The summed E-state index contributed by atoms with van der Waals surface area (Å²) < 4.78 is 28.9. The molecule has 1 saturated heterocycles. The van der Waals surface area contributed by atoms with Gasteiger partial charge in [-0.15, -0.1) is 0 Å². The highest BCUT2D eigenvalue weighted by Gasteiger charge is 2.49. The largest absolute Gasteiger partial charge is 0.508 e. The third-order valence-corrected chi connectivity index (χ3v) is 10.9. The number of aromatic amines is 1. The number of aromatic nitrogens is 2. The summed E-state index contributed by atoms with van der Waals surface area (Å²) in [7, 11) is 1.21. The van der Waals surface area contributed by atoms with Crippen molar-refractivity contribution in [3.8, 4) is 0 Å². The van der Waals surface area contributed by atoms with Crippen LogP contribution < -0.4 is 21.9 Å². The van der Waals surface area contributed by atoms with Crippen LogP contribution in [0.4, 0.5) is 9.59 Å². The van der Waals surface area contributed by atoms with Crippen molar-refractivity contribution in [1.29, 1.82) is 0 Å². The Labute approximate surface area is 317 Å². The SMILES string of the molecule is CCCCCCCCCCCCCCCNC(=O)NCCCC1[C@@H](OP(O)(=S)OC)[C@@H](COC(=O)OCc2ccccc2)O[C@H]1n1ccc(=O)[nH]c1=O. The van der Waals surface area contributed by atoms with Gasteiger partial charge in [-0.25, -0.2) is 14.4 Å². The van der Waals surface area contributed by atoms with E-state index >= 15 is 0 Å². The highest BCUT2D eigenvalue weighted by atomic mass is 32.5. The number of nitrogens with one attached hydrogen (secondary N) is 3. The second-order valence-corrected chi connectivity index (χ2v) is 16.3. The molecule has 1 aliphatic heterocycles. The summed E-state index contributed by atoms with van der Waals surface area (Å²) in [6, 6.07) is 9.97. The molecule has 2 unspecified atom stereocenters. The molecule has 0 bridgehead atoms. The zero-order chi connectivity index (χ0) is 38.3. The quantitative estimate of drug-likeness (QED) is 0.0447. The Kier molecular flexibility index (Phi) is 21.0. The number of nitrogens with zero attached hydrogens (tertiary/aromatic N) is 1. The minimum Gasteiger partial charge on any atom is -0.431 e. The van der Waals surface area contributed by atoms with Gasteiger partial charge in [0, 0.05) is 38.4 Å². The van der Waals surface area contributed by atoms with Crippen LogP contribution in [-0.4, -0.2) is 65.6 Å². The van der Waals surface area contributed by atoms with Crippen LogP contribution >= 0.6 is 6.72 Å². The molecule has 2 amide bonds. The zero-order valence-electron chi connectivity index (χ0n) is 31.2. The molecular weight excluding hydrogens is 723 g/mol. The van der Waals surface area contributed by atoms with Gasteiger partial charge in [0.2, 0.25) is 0 Å². The minimum absolute atomic E-state index is 0.00968. The maximum atomic E-state index is 12.8. The van der Waals surface area contributed by atoms with Gasteiger partial charge in [0.05, 0.1) is 0 Å². The molecule has 0 aliphatic carbocycles. The third kappa shape index (κ3) is 17.3. The second-order valence-electron chi connectivity index (χ2n) is 13.4. The fourth-order valence-corrected chi connectivity index (χ4v) is 7.32. The minimum atomic E-state index is -3.77. The molecule has 2 aromatic rings. The molecule has 16 heteroatoms. The van der Waals surface area contributed by atoms with E-state index in [1.165, 1.54) is 88.1 Å². The number of H-pyrrole nitrogens is 1. The lowest BCUT2D eigenvalue weighted by atomic mass is 9.94. The number of carbonyl (C=O) groups is 2. The smallest absolute Gasteiger partial charge is 0.431 e. The van der Waals surface area contributed by atoms with E-state index < -0.39 is 48.5 Å². The number of ether oxygens (including phenoxy) is 3. The van der Waals surface area contributed by atoms with Crippen molar-refractivity contribution in [3.63, 3.8) is 0 Å². The summed E-state index contributed by atoms with van der Waals surface area (Å²) in [4.78, 5) is 62.5. The molecule has 1 aromatic carbocycles. The van der Waals surface area contributed by atoms with E-state index in [0.29, 0.717) is 25.9 Å². The van der Waals surface area contributed by atoms with E-state index in [1.54, 1.807) is 12.1 Å². The number of urea groups is 1. The Morgan fingerprint density at radius 2 is 1.49 bits per heavy atom. The number of rotatable bonds is 26. The van der Waals surface area contributed by atoms with E-state index in [9.17, 15) is 24.1 Å². The number of amides is 2. The fraction of sp³-hybridized carbons (Fsp3) is 0.676. The average molecular weight is 783 g/mol. The lowest BCUT2D eigenvalue weighted by Crippen LogP contribution is -2.38. The first-order valence-electron chi connectivity index (χ1n) is 19.0. The highest BCUT2D eigenvalue weighted by molar-refractivity contribution is 8.07. The summed E-state index contributed by atoms with van der Waals surface area (Å²) in [5.41, 5.74) is -0.548. The molecule has 14 nitrogen and oxygen atoms in total. The Morgan fingerprint density at radius 3 is 2.09 bits per heavy atom. The lowest BCUT2D eigenvalue weighted by Gasteiger charge is -2.27. The van der Waals surface area contributed by atoms with E-state index in [1.807, 2.05) is 18.2 Å². The van der Waals surface area contributed by atoms with Gasteiger partial charge >= 0.3 is 24.6 Å². The maximum absolute atomic E-state index is 12.8. The monoisotopic (exact) mass is 782 g/mol. The van der Waals surface area contributed by atoms with Gasteiger partial charge in [-0.05, 0) is 36.6 Å². The van der Waals surface area contributed by atoms with Crippen molar-refractivity contribution in [1.82, 2.24) is 20.2 Å². The molecule has 298 valence electrons. The Bertz CT molecular complexity index is 1510. The number of hydrogen-bond acceptors (Lipinski definition) is 10. The Hall–Kier alpha value is -3.07. The summed E-state index contributed by atoms with van der Waals surface area (Å²) in [6.45, 7) is -1.01. The van der Waals surface area contributed by atoms with Crippen LogP contribution in [0.15, 0.2) is 52.2 Å². The van der Waals surface area contributed by atoms with Crippen LogP contribution in [0.2, 0.25) is 0 Å². The molecule has 1 aromatic heterocycles. The third-order valence-electron chi connectivity index (χ3n) is 9.21. The molecule has 0 spiro atoms. The molecule has 4 N–H and O–H groups in total. The van der Waals surface area contributed by atoms with Crippen LogP contribution in [0.25, 0.3) is 0 Å². The van der Waals surface area contributed by atoms with Gasteiger partial charge in [0.1, 0.15) is 31.6 Å². The number of hydrogen-bond donors (Lipinski definition) is 4. The van der Waals surface area contributed by atoms with Crippen molar-refractivity contribution >= 4 is 30.7 Å². The van der Waals surface area contributed by atoms with Crippen LogP contribution in [0.3, 0.4) is 0 Å². The molecule has 3 rings (SSSR count). The van der Waals surface area contributed by atoms with Gasteiger partial charge < -0.3 is 38.8 Å². The summed E-state index contributed by atoms with van der Waals surface area (Å²) >= 11 is 5.15. The van der Waals surface area contributed by atoms with Gasteiger partial charge in [0.15, 0.2) is 0 Å².